The highest BCUT2D eigenvalue weighted by Gasteiger charge is 2.26. The molecule has 2 rings (SSSR count). The number of allylic oxidation sites excluding steroid dienone is 7. The second-order valence-corrected chi connectivity index (χ2v) is 5.66. The minimum Gasteiger partial charge on any atom is -0.471 e. The first kappa shape index (κ1) is 16.9. The molecule has 0 radical (unpaired) electrons. The van der Waals surface area contributed by atoms with E-state index in [1.54, 1.807) is 12.2 Å². The number of hydrogen-bond donors (Lipinski definition) is 1. The predicted octanol–water partition coefficient (Wildman–Crippen LogP) is 5.21. The summed E-state index contributed by atoms with van der Waals surface area (Å²) in [6.07, 6.45) is 11.5. The van der Waals surface area contributed by atoms with Gasteiger partial charge < -0.3 is 10.5 Å². The van der Waals surface area contributed by atoms with Crippen LogP contribution in [0.25, 0.3) is 5.57 Å². The van der Waals surface area contributed by atoms with Crippen molar-refractivity contribution in [3.63, 3.8) is 0 Å². The van der Waals surface area contributed by atoms with Crippen molar-refractivity contribution in [3.05, 3.63) is 89.9 Å². The van der Waals surface area contributed by atoms with E-state index in [1.807, 2.05) is 6.08 Å². The molecule has 1 aliphatic carbocycles. The van der Waals surface area contributed by atoms with Crippen LogP contribution in [0.1, 0.15) is 43.1 Å². The van der Waals surface area contributed by atoms with E-state index in [1.165, 1.54) is 22.3 Å². The standard InChI is InChI=1S/C21H25NO/c1-5-9-21(22)23-20-13-12-18-17(10-8-11-19(18)20)16(7-3)14-15(4)6-2/h5-11,14,20H,1-2,12-13,22H2,3-4H3/b15-14-,16-7+,21-9+. The average Bonchev–Trinajstić information content (AvgIpc) is 2.95. The third kappa shape index (κ3) is 3.84. The van der Waals surface area contributed by atoms with E-state index >= 15 is 0 Å². The molecule has 2 N–H and O–H groups in total. The van der Waals surface area contributed by atoms with Crippen molar-refractivity contribution in [2.24, 2.45) is 5.73 Å². The summed E-state index contributed by atoms with van der Waals surface area (Å²) in [5.41, 5.74) is 12.1. The van der Waals surface area contributed by atoms with Crippen molar-refractivity contribution >= 4 is 5.57 Å². The molecule has 120 valence electrons. The second kappa shape index (κ2) is 7.68. The molecule has 0 spiro atoms. The molecule has 0 amide bonds. The number of benzene rings is 1. The molecule has 0 aliphatic heterocycles. The van der Waals surface area contributed by atoms with Crippen molar-refractivity contribution in [2.45, 2.75) is 32.8 Å². The summed E-state index contributed by atoms with van der Waals surface area (Å²) in [6.45, 7) is 11.6. The van der Waals surface area contributed by atoms with Gasteiger partial charge >= 0.3 is 0 Å². The molecule has 0 heterocycles. The van der Waals surface area contributed by atoms with Gasteiger partial charge in [0.2, 0.25) is 0 Å². The fraction of sp³-hybridized carbons (Fsp3) is 0.238. The maximum absolute atomic E-state index is 5.87. The number of nitrogens with two attached hydrogens (primary N) is 1. The highest BCUT2D eigenvalue weighted by molar-refractivity contribution is 5.78. The molecule has 1 aromatic rings. The molecule has 0 aromatic heterocycles. The molecule has 1 aliphatic rings. The Kier molecular flexibility index (Phi) is 5.64. The van der Waals surface area contributed by atoms with E-state index in [0.717, 1.165) is 18.4 Å². The SMILES string of the molecule is C=C/C=C(\N)OC1CCc2c(C(/C=C(/C)C=C)=C/C)cccc21. The van der Waals surface area contributed by atoms with Gasteiger partial charge in [0.1, 0.15) is 6.10 Å². The summed E-state index contributed by atoms with van der Waals surface area (Å²) in [5, 5.41) is 0. The van der Waals surface area contributed by atoms with Gasteiger partial charge in [-0.2, -0.15) is 0 Å². The zero-order chi connectivity index (χ0) is 16.8. The average molecular weight is 307 g/mol. The summed E-state index contributed by atoms with van der Waals surface area (Å²) in [7, 11) is 0. The molecule has 0 saturated heterocycles. The maximum Gasteiger partial charge on any atom is 0.184 e. The zero-order valence-corrected chi connectivity index (χ0v) is 14.0. The van der Waals surface area contributed by atoms with Crippen LogP contribution in [0.2, 0.25) is 0 Å². The van der Waals surface area contributed by atoms with Crippen molar-refractivity contribution in [3.8, 4) is 0 Å². The normalized spacial score (nSPS) is 18.5. The van der Waals surface area contributed by atoms with Crippen LogP contribution >= 0.6 is 0 Å². The lowest BCUT2D eigenvalue weighted by Gasteiger charge is -2.16. The van der Waals surface area contributed by atoms with Gasteiger partial charge in [-0.05, 0) is 55.0 Å². The van der Waals surface area contributed by atoms with Gasteiger partial charge in [0.05, 0.1) is 0 Å². The third-order valence-electron chi connectivity index (χ3n) is 4.10. The Hall–Kier alpha value is -2.48. The summed E-state index contributed by atoms with van der Waals surface area (Å²) in [4.78, 5) is 0. The van der Waals surface area contributed by atoms with E-state index in [4.69, 9.17) is 10.5 Å². The molecule has 0 bridgehead atoms. The smallest absolute Gasteiger partial charge is 0.184 e. The van der Waals surface area contributed by atoms with Crippen LogP contribution in [0.4, 0.5) is 0 Å². The Morgan fingerprint density at radius 2 is 2.13 bits per heavy atom. The Morgan fingerprint density at radius 3 is 2.78 bits per heavy atom. The monoisotopic (exact) mass is 307 g/mol. The fourth-order valence-electron chi connectivity index (χ4n) is 2.95. The van der Waals surface area contributed by atoms with E-state index < -0.39 is 0 Å². The molecule has 2 heteroatoms. The summed E-state index contributed by atoms with van der Waals surface area (Å²) >= 11 is 0. The molecule has 1 aromatic carbocycles. The minimum atomic E-state index is 0.0173. The van der Waals surface area contributed by atoms with Crippen molar-refractivity contribution in [1.29, 1.82) is 0 Å². The van der Waals surface area contributed by atoms with Gasteiger partial charge in [-0.1, -0.05) is 61.2 Å². The Morgan fingerprint density at radius 1 is 1.35 bits per heavy atom. The molecule has 1 atom stereocenters. The fourth-order valence-corrected chi connectivity index (χ4v) is 2.95. The summed E-state index contributed by atoms with van der Waals surface area (Å²) in [6, 6.07) is 6.39. The van der Waals surface area contributed by atoms with Crippen LogP contribution in [0.3, 0.4) is 0 Å². The molecule has 2 nitrogen and oxygen atoms in total. The van der Waals surface area contributed by atoms with Crippen LogP contribution in [0, 0.1) is 0 Å². The molecular formula is C21H25NO. The highest BCUT2D eigenvalue weighted by atomic mass is 16.5. The van der Waals surface area contributed by atoms with Crippen molar-refractivity contribution in [1.82, 2.24) is 0 Å². The minimum absolute atomic E-state index is 0.0173. The first-order valence-electron chi connectivity index (χ1n) is 7.94. The lowest BCUT2D eigenvalue weighted by Crippen LogP contribution is -2.07. The zero-order valence-electron chi connectivity index (χ0n) is 14.0. The van der Waals surface area contributed by atoms with Gasteiger partial charge in [0, 0.05) is 0 Å². The molecular weight excluding hydrogens is 282 g/mol. The van der Waals surface area contributed by atoms with Gasteiger partial charge in [-0.25, -0.2) is 0 Å². The quantitative estimate of drug-likeness (QED) is 0.578. The van der Waals surface area contributed by atoms with Gasteiger partial charge in [0.25, 0.3) is 0 Å². The lowest BCUT2D eigenvalue weighted by molar-refractivity contribution is 0.116. The Balaban J connectivity index is 2.37. The van der Waals surface area contributed by atoms with Crippen LogP contribution in [-0.2, 0) is 11.2 Å². The van der Waals surface area contributed by atoms with Crippen LogP contribution < -0.4 is 5.73 Å². The van der Waals surface area contributed by atoms with Crippen LogP contribution in [0.5, 0.6) is 0 Å². The van der Waals surface area contributed by atoms with E-state index in [2.05, 4.69) is 57.4 Å². The maximum atomic E-state index is 5.87. The van der Waals surface area contributed by atoms with Crippen LogP contribution in [-0.4, -0.2) is 0 Å². The predicted molar refractivity (Wildman–Crippen MR) is 98.7 cm³/mol. The molecule has 1 unspecified atom stereocenters. The second-order valence-electron chi connectivity index (χ2n) is 5.66. The van der Waals surface area contributed by atoms with Gasteiger partial charge in [0.15, 0.2) is 5.88 Å². The van der Waals surface area contributed by atoms with Gasteiger partial charge in [-0.3, -0.25) is 0 Å². The number of ether oxygens (including phenoxy) is 1. The lowest BCUT2D eigenvalue weighted by atomic mass is 9.95. The van der Waals surface area contributed by atoms with E-state index in [9.17, 15) is 0 Å². The molecule has 23 heavy (non-hydrogen) atoms. The first-order valence-corrected chi connectivity index (χ1v) is 7.94. The number of hydrogen-bond acceptors (Lipinski definition) is 2. The van der Waals surface area contributed by atoms with Crippen LogP contribution in [0.15, 0.2) is 73.2 Å². The van der Waals surface area contributed by atoms with Crippen molar-refractivity contribution in [2.75, 3.05) is 0 Å². The summed E-state index contributed by atoms with van der Waals surface area (Å²) in [5.74, 6) is 0.414. The van der Waals surface area contributed by atoms with Gasteiger partial charge in [-0.15, -0.1) is 0 Å². The summed E-state index contributed by atoms with van der Waals surface area (Å²) < 4.78 is 5.87. The highest BCUT2D eigenvalue weighted by Crippen LogP contribution is 2.39. The largest absolute Gasteiger partial charge is 0.471 e. The number of fused-ring (bicyclic) bond motifs is 1. The van der Waals surface area contributed by atoms with E-state index in [0.29, 0.717) is 5.88 Å². The van der Waals surface area contributed by atoms with Crippen molar-refractivity contribution < 1.29 is 4.74 Å². The topological polar surface area (TPSA) is 35.2 Å². The molecule has 0 fully saturated rings. The first-order chi connectivity index (χ1) is 11.1. The third-order valence-corrected chi connectivity index (χ3v) is 4.10. The number of rotatable bonds is 6. The Bertz CT molecular complexity index is 692. The Labute approximate surface area is 139 Å². The van der Waals surface area contributed by atoms with E-state index in [-0.39, 0.29) is 6.10 Å². The molecule has 0 saturated carbocycles.